The Balaban J connectivity index is 1.65. The van der Waals surface area contributed by atoms with E-state index in [-0.39, 0.29) is 0 Å². The predicted octanol–water partition coefficient (Wildman–Crippen LogP) is 4.42. The summed E-state index contributed by atoms with van der Waals surface area (Å²) in [5, 5.41) is 3.50. The zero-order valence-electron chi connectivity index (χ0n) is 11.9. The van der Waals surface area contributed by atoms with Gasteiger partial charge in [-0.05, 0) is 50.6 Å². The largest absolute Gasteiger partial charge is 0.492 e. The Morgan fingerprint density at radius 3 is 2.85 bits per heavy atom. The number of rotatable bonds is 7. The van der Waals surface area contributed by atoms with Crippen LogP contribution >= 0.6 is 27.3 Å². The Labute approximate surface area is 133 Å². The maximum absolute atomic E-state index is 5.70. The second-order valence-electron chi connectivity index (χ2n) is 4.88. The van der Waals surface area contributed by atoms with Crippen LogP contribution in [0, 0.1) is 6.92 Å². The lowest BCUT2D eigenvalue weighted by Gasteiger charge is -2.13. The van der Waals surface area contributed by atoms with Crippen LogP contribution in [-0.4, -0.2) is 19.2 Å². The van der Waals surface area contributed by atoms with E-state index in [1.807, 2.05) is 35.6 Å². The first-order chi connectivity index (χ1) is 9.63. The molecular formula is C16H20BrNOS. The molecule has 0 aliphatic heterocycles. The van der Waals surface area contributed by atoms with E-state index in [4.69, 9.17) is 4.74 Å². The average molecular weight is 354 g/mol. The highest BCUT2D eigenvalue weighted by atomic mass is 79.9. The van der Waals surface area contributed by atoms with Gasteiger partial charge in [0.25, 0.3) is 0 Å². The van der Waals surface area contributed by atoms with Crippen LogP contribution in [0.2, 0.25) is 0 Å². The van der Waals surface area contributed by atoms with E-state index in [9.17, 15) is 0 Å². The third kappa shape index (κ3) is 5.27. The van der Waals surface area contributed by atoms with Crippen LogP contribution < -0.4 is 10.1 Å². The van der Waals surface area contributed by atoms with E-state index in [0.717, 1.165) is 23.2 Å². The fraction of sp³-hybridized carbons (Fsp3) is 0.375. The van der Waals surface area contributed by atoms with Crippen molar-refractivity contribution in [3.05, 3.63) is 50.6 Å². The van der Waals surface area contributed by atoms with Gasteiger partial charge < -0.3 is 10.1 Å². The van der Waals surface area contributed by atoms with Gasteiger partial charge in [0.1, 0.15) is 12.4 Å². The topological polar surface area (TPSA) is 21.3 Å². The molecule has 0 amide bonds. The number of hydrogen-bond acceptors (Lipinski definition) is 3. The van der Waals surface area contributed by atoms with Crippen molar-refractivity contribution in [2.45, 2.75) is 26.3 Å². The van der Waals surface area contributed by atoms with Crippen LogP contribution in [0.25, 0.3) is 0 Å². The summed E-state index contributed by atoms with van der Waals surface area (Å²) in [7, 11) is 0. The third-order valence-electron chi connectivity index (χ3n) is 2.96. The Bertz CT molecular complexity index is 541. The van der Waals surface area contributed by atoms with Crippen LogP contribution in [0.15, 0.2) is 40.9 Å². The highest BCUT2D eigenvalue weighted by Gasteiger charge is 2.04. The van der Waals surface area contributed by atoms with Gasteiger partial charge in [0.2, 0.25) is 0 Å². The summed E-state index contributed by atoms with van der Waals surface area (Å²) < 4.78 is 6.75. The van der Waals surface area contributed by atoms with E-state index < -0.39 is 0 Å². The lowest BCUT2D eigenvalue weighted by atomic mass is 10.2. The van der Waals surface area contributed by atoms with E-state index in [1.165, 1.54) is 9.75 Å². The second kappa shape index (κ2) is 7.81. The summed E-state index contributed by atoms with van der Waals surface area (Å²) in [5.41, 5.74) is 0. The quantitative estimate of drug-likeness (QED) is 0.744. The molecule has 0 spiro atoms. The van der Waals surface area contributed by atoms with Crippen molar-refractivity contribution >= 4 is 27.3 Å². The molecule has 0 bridgehead atoms. The molecule has 0 fully saturated rings. The molecule has 108 valence electrons. The molecule has 0 radical (unpaired) electrons. The number of hydrogen-bond donors (Lipinski definition) is 1. The van der Waals surface area contributed by atoms with Gasteiger partial charge >= 0.3 is 0 Å². The van der Waals surface area contributed by atoms with Gasteiger partial charge in [0.15, 0.2) is 0 Å². The first kappa shape index (κ1) is 15.5. The Hall–Kier alpha value is -0.840. The minimum Gasteiger partial charge on any atom is -0.492 e. The van der Waals surface area contributed by atoms with Gasteiger partial charge in [-0.25, -0.2) is 0 Å². The number of aryl methyl sites for hydroxylation is 1. The first-order valence-corrected chi connectivity index (χ1v) is 8.41. The SMILES string of the molecule is Cc1ccc(CC(C)NCCOc2cccc(Br)c2)s1. The summed E-state index contributed by atoms with van der Waals surface area (Å²) in [6, 6.07) is 12.8. The average Bonchev–Trinajstić information content (AvgIpc) is 2.80. The summed E-state index contributed by atoms with van der Waals surface area (Å²) in [6.07, 6.45) is 1.08. The Kier molecular flexibility index (Phi) is 6.07. The smallest absolute Gasteiger partial charge is 0.120 e. The van der Waals surface area contributed by atoms with Gasteiger partial charge in [0.05, 0.1) is 0 Å². The highest BCUT2D eigenvalue weighted by molar-refractivity contribution is 9.10. The molecule has 0 saturated heterocycles. The molecule has 1 unspecified atom stereocenters. The van der Waals surface area contributed by atoms with Gasteiger partial charge in [-0.1, -0.05) is 22.0 Å². The normalized spacial score (nSPS) is 12.3. The summed E-state index contributed by atoms with van der Waals surface area (Å²) in [6.45, 7) is 5.91. The van der Waals surface area contributed by atoms with Crippen molar-refractivity contribution in [1.82, 2.24) is 5.32 Å². The van der Waals surface area contributed by atoms with Gasteiger partial charge in [-0.15, -0.1) is 11.3 Å². The van der Waals surface area contributed by atoms with E-state index in [2.05, 4.69) is 47.2 Å². The molecule has 1 N–H and O–H groups in total. The summed E-state index contributed by atoms with van der Waals surface area (Å²) in [4.78, 5) is 2.82. The minimum absolute atomic E-state index is 0.471. The van der Waals surface area contributed by atoms with Gasteiger partial charge in [-0.2, -0.15) is 0 Å². The van der Waals surface area contributed by atoms with Crippen molar-refractivity contribution in [1.29, 1.82) is 0 Å². The van der Waals surface area contributed by atoms with E-state index >= 15 is 0 Å². The predicted molar refractivity (Wildman–Crippen MR) is 89.9 cm³/mol. The second-order valence-corrected chi connectivity index (χ2v) is 7.17. The number of nitrogens with one attached hydrogen (secondary N) is 1. The van der Waals surface area contributed by atoms with E-state index in [0.29, 0.717) is 12.6 Å². The number of ether oxygens (including phenoxy) is 1. The maximum Gasteiger partial charge on any atom is 0.120 e. The molecule has 4 heteroatoms. The maximum atomic E-state index is 5.70. The lowest BCUT2D eigenvalue weighted by Crippen LogP contribution is -2.31. The molecule has 2 aromatic rings. The first-order valence-electron chi connectivity index (χ1n) is 6.80. The Morgan fingerprint density at radius 1 is 1.30 bits per heavy atom. The monoisotopic (exact) mass is 353 g/mol. The molecule has 1 aromatic carbocycles. The lowest BCUT2D eigenvalue weighted by molar-refractivity contribution is 0.306. The fourth-order valence-electron chi connectivity index (χ4n) is 2.00. The van der Waals surface area contributed by atoms with Gasteiger partial charge in [0, 0.05) is 26.8 Å². The van der Waals surface area contributed by atoms with Crippen LogP contribution in [0.4, 0.5) is 0 Å². The van der Waals surface area contributed by atoms with Crippen molar-refractivity contribution in [2.75, 3.05) is 13.2 Å². The molecule has 1 atom stereocenters. The van der Waals surface area contributed by atoms with Crippen LogP contribution in [0.5, 0.6) is 5.75 Å². The molecule has 0 aliphatic carbocycles. The minimum atomic E-state index is 0.471. The van der Waals surface area contributed by atoms with E-state index in [1.54, 1.807) is 0 Å². The van der Waals surface area contributed by atoms with Crippen molar-refractivity contribution in [2.24, 2.45) is 0 Å². The van der Waals surface area contributed by atoms with Crippen molar-refractivity contribution in [3.8, 4) is 5.75 Å². The number of halogens is 1. The molecular weight excluding hydrogens is 334 g/mol. The van der Waals surface area contributed by atoms with Crippen molar-refractivity contribution in [3.63, 3.8) is 0 Å². The number of thiophene rings is 1. The zero-order chi connectivity index (χ0) is 14.4. The standard InChI is InChI=1S/C16H20BrNOS/c1-12(10-16-7-6-13(2)20-16)18-8-9-19-15-5-3-4-14(17)11-15/h3-7,11-12,18H,8-10H2,1-2H3. The summed E-state index contributed by atoms with van der Waals surface area (Å²) in [5.74, 6) is 0.905. The van der Waals surface area contributed by atoms with Crippen molar-refractivity contribution < 1.29 is 4.74 Å². The molecule has 2 rings (SSSR count). The molecule has 1 aromatic heterocycles. The van der Waals surface area contributed by atoms with Crippen LogP contribution in [-0.2, 0) is 6.42 Å². The zero-order valence-corrected chi connectivity index (χ0v) is 14.3. The molecule has 2 nitrogen and oxygen atoms in total. The highest BCUT2D eigenvalue weighted by Crippen LogP contribution is 2.18. The number of benzene rings is 1. The Morgan fingerprint density at radius 2 is 2.15 bits per heavy atom. The van der Waals surface area contributed by atoms with Gasteiger partial charge in [-0.3, -0.25) is 0 Å². The molecule has 20 heavy (non-hydrogen) atoms. The molecule has 0 saturated carbocycles. The van der Waals surface area contributed by atoms with Crippen LogP contribution in [0.3, 0.4) is 0 Å². The molecule has 0 aliphatic rings. The fourth-order valence-corrected chi connectivity index (χ4v) is 3.40. The molecule has 1 heterocycles. The summed E-state index contributed by atoms with van der Waals surface area (Å²) >= 11 is 5.32. The van der Waals surface area contributed by atoms with Crippen LogP contribution in [0.1, 0.15) is 16.7 Å². The third-order valence-corrected chi connectivity index (χ3v) is 4.48.